The van der Waals surface area contributed by atoms with Gasteiger partial charge in [-0.15, -0.1) is 11.3 Å². The number of hydrogen-bond acceptors (Lipinski definition) is 8. The number of nitrogens with zero attached hydrogens (tertiary/aromatic N) is 5. The van der Waals surface area contributed by atoms with Crippen molar-refractivity contribution in [2.75, 3.05) is 5.73 Å². The highest BCUT2D eigenvalue weighted by molar-refractivity contribution is 7.11. The molecular formula is C28H28N6O2S. The van der Waals surface area contributed by atoms with Gasteiger partial charge in [0.1, 0.15) is 41.7 Å². The van der Waals surface area contributed by atoms with E-state index in [0.29, 0.717) is 18.5 Å². The van der Waals surface area contributed by atoms with Gasteiger partial charge in [-0.2, -0.15) is 5.10 Å². The molecule has 8 nitrogen and oxygen atoms in total. The van der Waals surface area contributed by atoms with Crippen LogP contribution in [0, 0.1) is 13.8 Å². The van der Waals surface area contributed by atoms with Crippen molar-refractivity contribution in [3.05, 3.63) is 70.4 Å². The smallest absolute Gasteiger partial charge is 0.164 e. The van der Waals surface area contributed by atoms with E-state index in [2.05, 4.69) is 15.0 Å². The van der Waals surface area contributed by atoms with Crippen LogP contribution in [0.3, 0.4) is 0 Å². The predicted octanol–water partition coefficient (Wildman–Crippen LogP) is 6.64. The molecule has 5 aromatic rings. The van der Waals surface area contributed by atoms with E-state index in [-0.39, 0.29) is 0 Å². The molecule has 1 aliphatic carbocycles. The van der Waals surface area contributed by atoms with Crippen LogP contribution in [0.4, 0.5) is 5.82 Å². The van der Waals surface area contributed by atoms with Gasteiger partial charge in [-0.05, 0) is 68.7 Å². The lowest BCUT2D eigenvalue weighted by atomic mass is 10.1. The minimum atomic E-state index is 0.353. The molecule has 1 fully saturated rings. The Labute approximate surface area is 219 Å². The van der Waals surface area contributed by atoms with Crippen molar-refractivity contribution in [3.8, 4) is 28.5 Å². The third kappa shape index (κ3) is 4.86. The van der Waals surface area contributed by atoms with Gasteiger partial charge in [0, 0.05) is 17.8 Å². The first-order chi connectivity index (χ1) is 18.0. The lowest BCUT2D eigenvalue weighted by Crippen LogP contribution is -2.07. The number of aryl methyl sites for hydroxylation is 2. The Balaban J connectivity index is 1.23. The average Bonchev–Trinajstić information content (AvgIpc) is 3.63. The van der Waals surface area contributed by atoms with Gasteiger partial charge in [0.2, 0.25) is 0 Å². The van der Waals surface area contributed by atoms with Crippen LogP contribution in [0.5, 0.6) is 17.2 Å². The molecule has 0 bridgehead atoms. The van der Waals surface area contributed by atoms with Crippen LogP contribution in [0.25, 0.3) is 22.3 Å². The molecule has 9 heteroatoms. The van der Waals surface area contributed by atoms with Gasteiger partial charge in [-0.3, -0.25) is 0 Å². The van der Waals surface area contributed by atoms with Crippen molar-refractivity contribution in [3.63, 3.8) is 0 Å². The van der Waals surface area contributed by atoms with Crippen LogP contribution in [0.15, 0.2) is 55.0 Å². The van der Waals surface area contributed by atoms with E-state index in [1.165, 1.54) is 19.2 Å². The second kappa shape index (κ2) is 9.82. The minimum absolute atomic E-state index is 0.353. The summed E-state index contributed by atoms with van der Waals surface area (Å²) in [5, 5.41) is 6.80. The summed E-state index contributed by atoms with van der Waals surface area (Å²) in [4.78, 5) is 14.1. The second-order valence-corrected chi connectivity index (χ2v) is 10.8. The Morgan fingerprint density at radius 1 is 0.973 bits per heavy atom. The zero-order valence-electron chi connectivity index (χ0n) is 20.8. The number of benzene rings is 2. The first-order valence-corrected chi connectivity index (χ1v) is 13.3. The van der Waals surface area contributed by atoms with Crippen LogP contribution in [0.2, 0.25) is 0 Å². The Kier molecular flexibility index (Phi) is 6.21. The van der Waals surface area contributed by atoms with Crippen molar-refractivity contribution in [1.82, 2.24) is 24.7 Å². The number of anilines is 1. The number of hydrogen-bond donors (Lipinski definition) is 1. The van der Waals surface area contributed by atoms with E-state index >= 15 is 0 Å². The number of nitrogen functional groups attached to an aromatic ring is 1. The molecule has 188 valence electrons. The number of nitrogens with two attached hydrogens (primary N) is 1. The highest BCUT2D eigenvalue weighted by Crippen LogP contribution is 2.37. The number of ether oxygens (including phenoxy) is 2. The zero-order valence-corrected chi connectivity index (χ0v) is 21.7. The third-order valence-corrected chi connectivity index (χ3v) is 7.51. The zero-order chi connectivity index (χ0) is 25.4. The lowest BCUT2D eigenvalue weighted by Gasteiger charge is -2.11. The van der Waals surface area contributed by atoms with Crippen LogP contribution >= 0.6 is 11.3 Å². The fourth-order valence-corrected chi connectivity index (χ4v) is 5.61. The maximum Gasteiger partial charge on any atom is 0.164 e. The van der Waals surface area contributed by atoms with Crippen molar-refractivity contribution < 1.29 is 9.47 Å². The molecule has 0 radical (unpaired) electrons. The Bertz CT molecular complexity index is 1550. The molecule has 2 N–H and O–H groups in total. The van der Waals surface area contributed by atoms with Gasteiger partial charge in [-0.25, -0.2) is 19.6 Å². The Morgan fingerprint density at radius 2 is 1.76 bits per heavy atom. The summed E-state index contributed by atoms with van der Waals surface area (Å²) >= 11 is 1.64. The van der Waals surface area contributed by atoms with Gasteiger partial charge in [0.05, 0.1) is 21.3 Å². The molecule has 0 aliphatic heterocycles. The molecule has 3 heterocycles. The summed E-state index contributed by atoms with van der Waals surface area (Å²) in [6.45, 7) is 4.50. The normalized spacial score (nSPS) is 13.9. The van der Waals surface area contributed by atoms with Gasteiger partial charge >= 0.3 is 0 Å². The van der Waals surface area contributed by atoms with Gasteiger partial charge < -0.3 is 15.2 Å². The number of rotatable bonds is 7. The highest BCUT2D eigenvalue weighted by Gasteiger charge is 2.24. The summed E-state index contributed by atoms with van der Waals surface area (Å²) in [5.74, 6) is 2.65. The molecule has 1 aliphatic rings. The van der Waals surface area contributed by atoms with Crippen molar-refractivity contribution >= 4 is 28.2 Å². The molecular weight excluding hydrogens is 484 g/mol. The Hall–Kier alpha value is -3.98. The predicted molar refractivity (Wildman–Crippen MR) is 145 cm³/mol. The van der Waals surface area contributed by atoms with Crippen molar-refractivity contribution in [2.45, 2.75) is 52.2 Å². The molecule has 3 aromatic heterocycles. The molecule has 0 unspecified atom stereocenters. The van der Waals surface area contributed by atoms with E-state index in [9.17, 15) is 0 Å². The fraction of sp³-hybridized carbons (Fsp3) is 0.286. The van der Waals surface area contributed by atoms with Gasteiger partial charge in [-0.1, -0.05) is 12.8 Å². The summed E-state index contributed by atoms with van der Waals surface area (Å²) in [5.41, 5.74) is 9.90. The summed E-state index contributed by atoms with van der Waals surface area (Å²) in [7, 11) is 0. The van der Waals surface area contributed by atoms with Crippen LogP contribution in [0.1, 0.15) is 47.2 Å². The SMILES string of the molecule is Cc1cc(OCc2cnc(C)s2)cc(Oc2ccc(-c3nn(C4CCCC4)c4ncnc(N)c34)cc2)c1. The second-order valence-electron chi connectivity index (χ2n) is 9.43. The summed E-state index contributed by atoms with van der Waals surface area (Å²) in [6.07, 6.45) is 8.02. The van der Waals surface area contributed by atoms with Crippen LogP contribution in [-0.2, 0) is 6.61 Å². The third-order valence-electron chi connectivity index (χ3n) is 6.63. The molecule has 37 heavy (non-hydrogen) atoms. The molecule has 2 aromatic carbocycles. The van der Waals surface area contributed by atoms with Crippen molar-refractivity contribution in [1.29, 1.82) is 0 Å². The number of thiazole rings is 1. The van der Waals surface area contributed by atoms with Crippen LogP contribution in [-0.4, -0.2) is 24.7 Å². The standard InChI is InChI=1S/C28H28N6O2S/c1-17-11-22(35-15-24-14-30-18(2)37-24)13-23(12-17)36-21-9-7-19(8-10-21)26-25-27(29)31-16-32-28(25)34(33-26)20-5-3-4-6-20/h7-14,16,20H,3-6,15H2,1-2H3,(H2,29,31,32). The first kappa shape index (κ1) is 23.4. The number of aromatic nitrogens is 5. The molecule has 0 saturated heterocycles. The molecule has 0 amide bonds. The van der Waals surface area contributed by atoms with Crippen LogP contribution < -0.4 is 15.2 Å². The topological polar surface area (TPSA) is 101 Å². The molecule has 1 saturated carbocycles. The fourth-order valence-electron chi connectivity index (χ4n) is 4.90. The maximum atomic E-state index is 6.29. The molecule has 0 spiro atoms. The summed E-state index contributed by atoms with van der Waals surface area (Å²) < 4.78 is 14.2. The quantitative estimate of drug-likeness (QED) is 0.261. The molecule has 0 atom stereocenters. The van der Waals surface area contributed by atoms with Crippen molar-refractivity contribution in [2.24, 2.45) is 0 Å². The highest BCUT2D eigenvalue weighted by atomic mass is 32.1. The lowest BCUT2D eigenvalue weighted by molar-refractivity contribution is 0.307. The average molecular weight is 513 g/mol. The van der Waals surface area contributed by atoms with Gasteiger partial charge in [0.25, 0.3) is 0 Å². The van der Waals surface area contributed by atoms with E-state index in [1.54, 1.807) is 11.3 Å². The van der Waals surface area contributed by atoms with E-state index in [4.69, 9.17) is 20.3 Å². The van der Waals surface area contributed by atoms with Gasteiger partial charge in [0.15, 0.2) is 5.65 Å². The van der Waals surface area contributed by atoms with E-state index < -0.39 is 0 Å². The molecule has 6 rings (SSSR count). The minimum Gasteiger partial charge on any atom is -0.488 e. The monoisotopic (exact) mass is 512 g/mol. The number of fused-ring (bicyclic) bond motifs is 1. The maximum absolute atomic E-state index is 6.29. The Morgan fingerprint density at radius 3 is 2.51 bits per heavy atom. The largest absolute Gasteiger partial charge is 0.488 e. The summed E-state index contributed by atoms with van der Waals surface area (Å²) in [6, 6.07) is 14.1. The van der Waals surface area contributed by atoms with E-state index in [1.807, 2.05) is 67.2 Å². The first-order valence-electron chi connectivity index (χ1n) is 12.5. The van der Waals surface area contributed by atoms with E-state index in [0.717, 1.165) is 67.8 Å².